The van der Waals surface area contributed by atoms with Crippen LogP contribution in [-0.2, 0) is 4.74 Å². The van der Waals surface area contributed by atoms with Crippen molar-refractivity contribution in [2.75, 3.05) is 37.8 Å². The second kappa shape index (κ2) is 17.5. The van der Waals surface area contributed by atoms with Crippen LogP contribution in [0, 0.1) is 23.1 Å². The zero-order valence-electron chi connectivity index (χ0n) is 37.3. The number of aromatic nitrogens is 3. The largest absolute Gasteiger partial charge is 0.461 e. The molecule has 2 aromatic carbocycles. The predicted molar refractivity (Wildman–Crippen MR) is 236 cm³/mol. The highest BCUT2D eigenvalue weighted by atomic mass is 28.3. The SMILES string of the molecule is CC(C)[Si](C#Cc1c(F)ccc2cc(C(F)F)cc(-c3ncc4c(N5CCCCCN5C(=O)OC(C)(C)C)nc(OC[C@@]56CCCN5C[C@H](F)C6)nc4c3F)c12)(C(C)C)C(C)C. The molecule has 3 saturated heterocycles. The summed E-state index contributed by atoms with van der Waals surface area (Å²) in [6.07, 6.45) is 0.773. The van der Waals surface area contributed by atoms with E-state index in [4.69, 9.17) is 14.5 Å². The number of amides is 1. The predicted octanol–water partition coefficient (Wildman–Crippen LogP) is 11.7. The third-order valence-corrected chi connectivity index (χ3v) is 19.4. The number of carbonyl (C=O) groups is 1. The van der Waals surface area contributed by atoms with Gasteiger partial charge in [-0.15, -0.1) is 5.54 Å². The number of hydrazine groups is 1. The lowest BCUT2D eigenvalue weighted by atomic mass is 9.94. The van der Waals surface area contributed by atoms with Crippen LogP contribution in [0.25, 0.3) is 32.9 Å². The van der Waals surface area contributed by atoms with Gasteiger partial charge in [0, 0.05) is 48.8 Å². The van der Waals surface area contributed by atoms with Crippen molar-refractivity contribution >= 4 is 41.7 Å². The van der Waals surface area contributed by atoms with E-state index < -0.39 is 55.1 Å². The van der Waals surface area contributed by atoms with Crippen molar-refractivity contribution in [2.24, 2.45) is 0 Å². The maximum Gasteiger partial charge on any atom is 0.429 e. The molecule has 7 rings (SSSR count). The molecule has 3 fully saturated rings. The molecule has 334 valence electrons. The van der Waals surface area contributed by atoms with Crippen molar-refractivity contribution in [1.82, 2.24) is 24.9 Å². The Morgan fingerprint density at radius 2 is 1.68 bits per heavy atom. The number of nitrogens with zero attached hydrogens (tertiary/aromatic N) is 6. The number of carbonyl (C=O) groups excluding carboxylic acids is 1. The summed E-state index contributed by atoms with van der Waals surface area (Å²) in [6, 6.07) is 4.82. The summed E-state index contributed by atoms with van der Waals surface area (Å²) in [5.41, 5.74) is 1.75. The summed E-state index contributed by atoms with van der Waals surface area (Å²) in [4.78, 5) is 29.8. The fourth-order valence-electron chi connectivity index (χ4n) is 10.3. The van der Waals surface area contributed by atoms with E-state index >= 15 is 8.78 Å². The third kappa shape index (κ3) is 8.58. The third-order valence-electron chi connectivity index (χ3n) is 13.1. The normalized spacial score (nSPS) is 20.1. The molecule has 3 aliphatic heterocycles. The molecule has 0 saturated carbocycles. The number of benzene rings is 2. The summed E-state index contributed by atoms with van der Waals surface area (Å²) >= 11 is 0. The van der Waals surface area contributed by atoms with Gasteiger partial charge in [-0.1, -0.05) is 53.5 Å². The second-order valence-electron chi connectivity index (χ2n) is 19.2. The lowest BCUT2D eigenvalue weighted by Gasteiger charge is -2.38. The minimum absolute atomic E-state index is 0.0217. The molecule has 0 N–H and O–H groups in total. The first-order valence-corrected chi connectivity index (χ1v) is 24.2. The number of hydrogen-bond donors (Lipinski definition) is 0. The quantitative estimate of drug-likeness (QED) is 0.0934. The minimum Gasteiger partial charge on any atom is -0.461 e. The van der Waals surface area contributed by atoms with E-state index in [9.17, 15) is 18.0 Å². The van der Waals surface area contributed by atoms with Crippen molar-refractivity contribution in [3.63, 3.8) is 0 Å². The van der Waals surface area contributed by atoms with Gasteiger partial charge in [0.25, 0.3) is 6.43 Å². The van der Waals surface area contributed by atoms with Gasteiger partial charge in [-0.05, 0) is 99.6 Å². The van der Waals surface area contributed by atoms with E-state index in [-0.39, 0.29) is 86.5 Å². The first-order valence-electron chi connectivity index (χ1n) is 22.0. The standard InChI is InChI=1S/C47H59F5N6O3Si/c1-28(2)62(29(3)4,30(5)6)21-16-34-37(49)15-14-31-22-32(42(51)52)23-35(38(31)34)40-39(50)41-36(25-53-40)43(57-19-11-10-12-20-58(57)45(59)61-46(7,8)9)55-44(54-41)60-27-47-17-13-18-56(47)26-33(48)24-47/h14-15,22-23,25,28-30,33,42H,10-13,17-20,24,26-27H2,1-9H3/t33-,47+/m1/s1. The van der Waals surface area contributed by atoms with E-state index in [1.807, 2.05) is 0 Å². The first-order chi connectivity index (χ1) is 29.3. The van der Waals surface area contributed by atoms with Crippen LogP contribution in [0.2, 0.25) is 16.6 Å². The highest BCUT2D eigenvalue weighted by molar-refractivity contribution is 6.90. The zero-order chi connectivity index (χ0) is 44.9. The van der Waals surface area contributed by atoms with Gasteiger partial charge in [-0.25, -0.2) is 31.8 Å². The van der Waals surface area contributed by atoms with Crippen LogP contribution < -0.4 is 9.75 Å². The summed E-state index contributed by atoms with van der Waals surface area (Å²) in [5.74, 6) is 1.67. The Morgan fingerprint density at radius 3 is 2.35 bits per heavy atom. The maximum absolute atomic E-state index is 17.7. The highest BCUT2D eigenvalue weighted by Crippen LogP contribution is 2.44. The summed E-state index contributed by atoms with van der Waals surface area (Å²) in [6.45, 7) is 19.8. The number of rotatable bonds is 9. The van der Waals surface area contributed by atoms with Gasteiger partial charge in [0.1, 0.15) is 43.5 Å². The van der Waals surface area contributed by atoms with Crippen LogP contribution in [0.5, 0.6) is 6.01 Å². The van der Waals surface area contributed by atoms with E-state index in [2.05, 4.69) is 67.9 Å². The Balaban J connectivity index is 1.46. The molecular weight excluding hydrogens is 820 g/mol. The van der Waals surface area contributed by atoms with Crippen molar-refractivity contribution in [3.05, 3.63) is 53.2 Å². The van der Waals surface area contributed by atoms with Crippen molar-refractivity contribution in [1.29, 1.82) is 0 Å². The summed E-state index contributed by atoms with van der Waals surface area (Å²) < 4.78 is 90.2. The average molecular weight is 879 g/mol. The van der Waals surface area contributed by atoms with E-state index in [1.54, 1.807) is 25.8 Å². The molecule has 0 bridgehead atoms. The molecule has 62 heavy (non-hydrogen) atoms. The molecule has 1 amide bonds. The fourth-order valence-corrected chi connectivity index (χ4v) is 15.5. The number of hydrogen-bond acceptors (Lipinski definition) is 8. The molecule has 15 heteroatoms. The lowest BCUT2D eigenvalue weighted by Crippen LogP contribution is -2.49. The molecule has 0 spiro atoms. The molecule has 0 aliphatic carbocycles. The average Bonchev–Trinajstić information content (AvgIpc) is 3.60. The van der Waals surface area contributed by atoms with Crippen LogP contribution in [0.15, 0.2) is 30.5 Å². The molecular formula is C47H59F5N6O3Si. The second-order valence-corrected chi connectivity index (χ2v) is 24.8. The van der Waals surface area contributed by atoms with Crippen LogP contribution in [0.3, 0.4) is 0 Å². The smallest absolute Gasteiger partial charge is 0.429 e. The fraction of sp³-hybridized carbons (Fsp3) is 0.574. The van der Waals surface area contributed by atoms with Crippen LogP contribution in [0.4, 0.5) is 32.6 Å². The van der Waals surface area contributed by atoms with Gasteiger partial charge in [-0.3, -0.25) is 14.9 Å². The highest BCUT2D eigenvalue weighted by Gasteiger charge is 2.49. The van der Waals surface area contributed by atoms with Gasteiger partial charge < -0.3 is 9.47 Å². The van der Waals surface area contributed by atoms with Gasteiger partial charge >= 0.3 is 12.1 Å². The van der Waals surface area contributed by atoms with Crippen molar-refractivity contribution in [3.8, 4) is 28.7 Å². The van der Waals surface area contributed by atoms with E-state index in [0.717, 1.165) is 25.5 Å². The number of ether oxygens (including phenoxy) is 2. The summed E-state index contributed by atoms with van der Waals surface area (Å²) in [5, 5.41) is 3.62. The van der Waals surface area contributed by atoms with Crippen LogP contribution in [-0.4, -0.2) is 89.1 Å². The lowest BCUT2D eigenvalue weighted by molar-refractivity contribution is 0.0232. The number of alkyl halides is 3. The molecule has 0 radical (unpaired) electrons. The Bertz CT molecular complexity index is 2380. The number of halogens is 5. The number of pyridine rings is 1. The first kappa shape index (κ1) is 45.5. The van der Waals surface area contributed by atoms with Gasteiger partial charge in [-0.2, -0.15) is 9.97 Å². The molecule has 2 aromatic heterocycles. The van der Waals surface area contributed by atoms with Gasteiger partial charge in [0.2, 0.25) is 0 Å². The van der Waals surface area contributed by atoms with E-state index in [0.29, 0.717) is 32.4 Å². The molecule has 4 aromatic rings. The van der Waals surface area contributed by atoms with Gasteiger partial charge in [0.15, 0.2) is 11.6 Å². The summed E-state index contributed by atoms with van der Waals surface area (Å²) in [7, 11) is -2.42. The Hall–Kier alpha value is -4.55. The molecule has 5 heterocycles. The minimum atomic E-state index is -2.94. The van der Waals surface area contributed by atoms with Crippen molar-refractivity contribution < 1.29 is 36.2 Å². The number of anilines is 1. The molecule has 9 nitrogen and oxygen atoms in total. The topological polar surface area (TPSA) is 83.9 Å². The molecule has 3 aliphatic rings. The number of fused-ring (bicyclic) bond motifs is 3. The monoisotopic (exact) mass is 878 g/mol. The van der Waals surface area contributed by atoms with E-state index in [1.165, 1.54) is 29.4 Å². The Kier molecular flexibility index (Phi) is 12.9. The molecule has 2 atom stereocenters. The molecule has 0 unspecified atom stereocenters. The Morgan fingerprint density at radius 1 is 0.968 bits per heavy atom. The zero-order valence-corrected chi connectivity index (χ0v) is 38.3. The van der Waals surface area contributed by atoms with Crippen LogP contribution >= 0.6 is 0 Å². The van der Waals surface area contributed by atoms with Crippen LogP contribution in [0.1, 0.15) is 118 Å². The van der Waals surface area contributed by atoms with Gasteiger partial charge in [0.05, 0.1) is 16.5 Å². The van der Waals surface area contributed by atoms with Crippen molar-refractivity contribution in [2.45, 2.75) is 141 Å². The maximum atomic E-state index is 17.7. The Labute approximate surface area is 362 Å².